The minimum Gasteiger partial charge on any atom is -0.454 e. The number of carbonyl (C=O) groups excluding carboxylic acids is 3. The summed E-state index contributed by atoms with van der Waals surface area (Å²) < 4.78 is 18.1. The Morgan fingerprint density at radius 3 is 2.51 bits per heavy atom. The molecular weight excluding hydrogens is 448 g/mol. The predicted octanol–water partition coefficient (Wildman–Crippen LogP) is 3.79. The van der Waals surface area contributed by atoms with E-state index in [1.54, 1.807) is 18.2 Å². The van der Waals surface area contributed by atoms with E-state index in [-0.39, 0.29) is 18.3 Å². The summed E-state index contributed by atoms with van der Waals surface area (Å²) in [5.41, 5.74) is 3.83. The maximum Gasteiger partial charge on any atom is 0.355 e. The highest BCUT2D eigenvalue weighted by Crippen LogP contribution is 2.33. The number of fused-ring (bicyclic) bond motifs is 1. The molecular formula is C27H26N2O6. The van der Waals surface area contributed by atoms with Crippen LogP contribution in [0.4, 0.5) is 0 Å². The molecule has 1 aliphatic heterocycles. The van der Waals surface area contributed by atoms with Crippen molar-refractivity contribution in [3.05, 3.63) is 88.4 Å². The van der Waals surface area contributed by atoms with E-state index < -0.39 is 18.5 Å². The molecule has 1 N–H and O–H groups in total. The second kappa shape index (κ2) is 10.3. The van der Waals surface area contributed by atoms with Crippen LogP contribution in [0.15, 0.2) is 60.3 Å². The molecule has 2 heterocycles. The van der Waals surface area contributed by atoms with Gasteiger partial charge in [-0.2, -0.15) is 0 Å². The van der Waals surface area contributed by atoms with Crippen molar-refractivity contribution in [2.45, 2.75) is 27.3 Å². The van der Waals surface area contributed by atoms with E-state index in [0.717, 1.165) is 17.0 Å². The van der Waals surface area contributed by atoms with Gasteiger partial charge in [-0.3, -0.25) is 9.59 Å². The smallest absolute Gasteiger partial charge is 0.355 e. The third kappa shape index (κ3) is 5.60. The fourth-order valence-electron chi connectivity index (χ4n) is 3.89. The number of aryl methyl sites for hydroxylation is 1. The Kier molecular flexibility index (Phi) is 7.01. The number of aromatic nitrogens is 1. The number of hydrogen-bond acceptors (Lipinski definition) is 6. The van der Waals surface area contributed by atoms with Gasteiger partial charge in [0, 0.05) is 30.4 Å². The lowest BCUT2D eigenvalue weighted by Gasteiger charge is -2.11. The minimum absolute atomic E-state index is 0.0372. The molecule has 0 unspecified atom stereocenters. The fraction of sp³-hybridized carbons (Fsp3) is 0.222. The first-order chi connectivity index (χ1) is 16.8. The third-order valence-electron chi connectivity index (χ3n) is 5.63. The van der Waals surface area contributed by atoms with E-state index in [9.17, 15) is 14.4 Å². The number of rotatable bonds is 8. The average molecular weight is 475 g/mol. The van der Waals surface area contributed by atoms with Gasteiger partial charge in [0.2, 0.25) is 18.5 Å². The number of carbonyl (C=O) groups is 3. The summed E-state index contributed by atoms with van der Waals surface area (Å²) >= 11 is 0. The summed E-state index contributed by atoms with van der Waals surface area (Å²) in [5.74, 6) is -0.113. The zero-order valence-corrected chi connectivity index (χ0v) is 19.8. The van der Waals surface area contributed by atoms with Crippen LogP contribution in [0.2, 0.25) is 0 Å². The first-order valence-electron chi connectivity index (χ1n) is 11.1. The van der Waals surface area contributed by atoms with Gasteiger partial charge in [0.15, 0.2) is 18.1 Å². The van der Waals surface area contributed by atoms with E-state index in [1.165, 1.54) is 13.0 Å². The second-order valence-electron chi connectivity index (χ2n) is 8.21. The van der Waals surface area contributed by atoms with Crippen molar-refractivity contribution in [1.82, 2.24) is 9.88 Å². The van der Waals surface area contributed by atoms with Crippen LogP contribution in [0.25, 0.3) is 6.08 Å². The second-order valence-corrected chi connectivity index (χ2v) is 8.21. The lowest BCUT2D eigenvalue weighted by atomic mass is 10.1. The first-order valence-corrected chi connectivity index (χ1v) is 11.1. The molecule has 4 rings (SSSR count). The molecule has 0 aliphatic carbocycles. The van der Waals surface area contributed by atoms with Gasteiger partial charge in [0.05, 0.1) is 0 Å². The van der Waals surface area contributed by atoms with Crippen LogP contribution in [-0.4, -0.2) is 35.6 Å². The van der Waals surface area contributed by atoms with Gasteiger partial charge in [-0.25, -0.2) is 4.79 Å². The van der Waals surface area contributed by atoms with Crippen molar-refractivity contribution in [3.8, 4) is 11.5 Å². The Balaban J connectivity index is 1.45. The van der Waals surface area contributed by atoms with Gasteiger partial charge in [0.25, 0.3) is 0 Å². The molecule has 0 bridgehead atoms. The highest BCUT2D eigenvalue weighted by atomic mass is 16.7. The molecule has 1 aromatic heterocycles. The van der Waals surface area contributed by atoms with E-state index in [4.69, 9.17) is 14.2 Å². The van der Waals surface area contributed by atoms with Crippen LogP contribution in [-0.2, 0) is 20.9 Å². The van der Waals surface area contributed by atoms with Crippen LogP contribution < -0.4 is 14.8 Å². The molecule has 0 saturated carbocycles. The summed E-state index contributed by atoms with van der Waals surface area (Å²) in [4.78, 5) is 37.1. The SMILES string of the molecule is CC(=O)N/C(=C\c1ccccc1)C(=O)OCC(=O)c1cc(C)n(Cc2ccc3c(c2)OCO3)c1C. The number of Topliss-reactive ketones (excluding diaryl/α,β-unsaturated/α-hetero) is 1. The number of ether oxygens (including phenoxy) is 3. The lowest BCUT2D eigenvalue weighted by Crippen LogP contribution is -2.27. The Bertz CT molecular complexity index is 1310. The number of nitrogens with zero attached hydrogens (tertiary/aromatic N) is 1. The van der Waals surface area contributed by atoms with Crippen molar-refractivity contribution in [3.63, 3.8) is 0 Å². The van der Waals surface area contributed by atoms with Gasteiger partial charge in [0.1, 0.15) is 5.70 Å². The van der Waals surface area contributed by atoms with Crippen molar-refractivity contribution in [2.75, 3.05) is 13.4 Å². The van der Waals surface area contributed by atoms with Crippen molar-refractivity contribution in [1.29, 1.82) is 0 Å². The Morgan fingerprint density at radius 1 is 1.03 bits per heavy atom. The molecule has 1 amide bonds. The molecule has 0 saturated heterocycles. The molecule has 1 aliphatic rings. The molecule has 2 aromatic carbocycles. The lowest BCUT2D eigenvalue weighted by molar-refractivity contribution is -0.139. The summed E-state index contributed by atoms with van der Waals surface area (Å²) in [6, 6.07) is 16.6. The van der Waals surface area contributed by atoms with E-state index in [2.05, 4.69) is 5.32 Å². The molecule has 0 spiro atoms. The van der Waals surface area contributed by atoms with Gasteiger partial charge in [-0.1, -0.05) is 36.4 Å². The topological polar surface area (TPSA) is 95.9 Å². The van der Waals surface area contributed by atoms with Crippen LogP contribution in [0, 0.1) is 13.8 Å². The van der Waals surface area contributed by atoms with Gasteiger partial charge in [-0.15, -0.1) is 0 Å². The third-order valence-corrected chi connectivity index (χ3v) is 5.63. The summed E-state index contributed by atoms with van der Waals surface area (Å²) in [6.07, 6.45) is 1.51. The zero-order chi connectivity index (χ0) is 24.9. The van der Waals surface area contributed by atoms with Gasteiger partial charge >= 0.3 is 5.97 Å². The molecule has 0 atom stereocenters. The van der Waals surface area contributed by atoms with Crippen molar-refractivity contribution < 1.29 is 28.6 Å². The molecule has 180 valence electrons. The fourth-order valence-corrected chi connectivity index (χ4v) is 3.89. The van der Waals surface area contributed by atoms with Crippen LogP contribution in [0.1, 0.15) is 39.8 Å². The predicted molar refractivity (Wildman–Crippen MR) is 129 cm³/mol. The number of hydrogen-bond donors (Lipinski definition) is 1. The Labute approximate surface area is 203 Å². The first kappa shape index (κ1) is 23.8. The maximum absolute atomic E-state index is 12.9. The Hall–Kier alpha value is -4.33. The highest BCUT2D eigenvalue weighted by Gasteiger charge is 2.20. The largest absolute Gasteiger partial charge is 0.454 e. The monoisotopic (exact) mass is 474 g/mol. The van der Waals surface area contributed by atoms with Crippen LogP contribution in [0.5, 0.6) is 11.5 Å². The number of benzene rings is 2. The van der Waals surface area contributed by atoms with E-state index >= 15 is 0 Å². The van der Waals surface area contributed by atoms with Crippen LogP contribution in [0.3, 0.4) is 0 Å². The summed E-state index contributed by atoms with van der Waals surface area (Å²) in [6.45, 7) is 5.38. The molecule has 0 radical (unpaired) electrons. The number of amides is 1. The van der Waals surface area contributed by atoms with Gasteiger partial charge < -0.3 is 24.1 Å². The van der Waals surface area contributed by atoms with Crippen molar-refractivity contribution >= 4 is 23.7 Å². The normalized spacial score (nSPS) is 12.4. The summed E-state index contributed by atoms with van der Waals surface area (Å²) in [5, 5.41) is 2.47. The van der Waals surface area contributed by atoms with Crippen LogP contribution >= 0.6 is 0 Å². The number of esters is 1. The van der Waals surface area contributed by atoms with Gasteiger partial charge in [-0.05, 0) is 49.2 Å². The number of ketones is 1. The highest BCUT2D eigenvalue weighted by molar-refractivity contribution is 6.02. The number of nitrogens with one attached hydrogen (secondary N) is 1. The van der Waals surface area contributed by atoms with Crippen molar-refractivity contribution in [2.24, 2.45) is 0 Å². The summed E-state index contributed by atoms with van der Waals surface area (Å²) in [7, 11) is 0. The van der Waals surface area contributed by atoms with E-state index in [0.29, 0.717) is 29.2 Å². The minimum atomic E-state index is -0.786. The maximum atomic E-state index is 12.9. The average Bonchev–Trinajstić information content (AvgIpc) is 3.42. The molecule has 8 nitrogen and oxygen atoms in total. The molecule has 35 heavy (non-hydrogen) atoms. The Morgan fingerprint density at radius 2 is 1.77 bits per heavy atom. The molecule has 0 fully saturated rings. The molecule has 8 heteroatoms. The molecule has 3 aromatic rings. The standard InChI is InChI=1S/C27H26N2O6/c1-17-11-22(18(2)29(17)14-21-9-10-25-26(13-21)35-16-34-25)24(31)15-33-27(32)23(28-19(3)30)12-20-7-5-4-6-8-20/h4-13H,14-16H2,1-3H3,(H,28,30)/b23-12-. The quantitative estimate of drug-likeness (QED) is 0.303. The van der Waals surface area contributed by atoms with E-state index in [1.807, 2.05) is 54.8 Å². The zero-order valence-electron chi connectivity index (χ0n) is 19.8.